The first kappa shape index (κ1) is 19.1. The van der Waals surface area contributed by atoms with Crippen LogP contribution in [-0.4, -0.2) is 38.2 Å². The highest BCUT2D eigenvalue weighted by atomic mass is 35.5. The molecule has 126 valence electrons. The fourth-order valence-corrected chi connectivity index (χ4v) is 2.91. The van der Waals surface area contributed by atoms with E-state index in [9.17, 15) is 8.78 Å². The number of benzene rings is 1. The van der Waals surface area contributed by atoms with Gasteiger partial charge in [-0.1, -0.05) is 19.8 Å². The monoisotopic (exact) mass is 334 g/mol. The van der Waals surface area contributed by atoms with Crippen LogP contribution >= 0.6 is 12.4 Å². The Balaban J connectivity index is 0.00000242. The minimum Gasteiger partial charge on any atom is -0.494 e. The van der Waals surface area contributed by atoms with Crippen molar-refractivity contribution in [2.75, 3.05) is 33.3 Å². The fraction of sp³-hybridized carbons (Fsp3) is 0.625. The molecule has 3 nitrogen and oxygen atoms in total. The molecule has 2 rings (SSSR count). The molecule has 1 aromatic rings. The van der Waals surface area contributed by atoms with Gasteiger partial charge in [0.15, 0.2) is 11.6 Å². The summed E-state index contributed by atoms with van der Waals surface area (Å²) in [6.07, 6.45) is 2.72. The third kappa shape index (κ3) is 4.31. The van der Waals surface area contributed by atoms with Crippen LogP contribution in [0.15, 0.2) is 12.1 Å². The first-order valence-corrected chi connectivity index (χ1v) is 7.65. The fourth-order valence-electron chi connectivity index (χ4n) is 2.91. The standard InChI is InChI=1S/C16H24F2N2O.ClH/c1-3-4-5-13(20-10-8-19-9-11-20)15-12(17)6-7-14(21-2)16(15)18;/h6-7,13,19H,3-5,8-11H2,1-2H3;1H/t13-;/m0./s1. The molecule has 0 aliphatic carbocycles. The quantitative estimate of drug-likeness (QED) is 0.861. The molecule has 1 aliphatic rings. The summed E-state index contributed by atoms with van der Waals surface area (Å²) in [7, 11) is 1.41. The summed E-state index contributed by atoms with van der Waals surface area (Å²) in [5.41, 5.74) is 0.157. The minimum atomic E-state index is -0.558. The molecule has 1 N–H and O–H groups in total. The van der Waals surface area contributed by atoms with Crippen molar-refractivity contribution in [2.45, 2.75) is 32.2 Å². The maximum Gasteiger partial charge on any atom is 0.172 e. The topological polar surface area (TPSA) is 24.5 Å². The zero-order valence-electron chi connectivity index (χ0n) is 13.2. The van der Waals surface area contributed by atoms with Gasteiger partial charge in [0.1, 0.15) is 5.82 Å². The predicted octanol–water partition coefficient (Wildman–Crippen LogP) is 3.53. The predicted molar refractivity (Wildman–Crippen MR) is 86.9 cm³/mol. The molecule has 0 amide bonds. The molecule has 0 saturated carbocycles. The largest absolute Gasteiger partial charge is 0.494 e. The highest BCUT2D eigenvalue weighted by molar-refractivity contribution is 5.85. The van der Waals surface area contributed by atoms with Crippen molar-refractivity contribution in [2.24, 2.45) is 0 Å². The van der Waals surface area contributed by atoms with E-state index in [0.717, 1.165) is 45.4 Å². The number of rotatable bonds is 6. The van der Waals surface area contributed by atoms with Crippen molar-refractivity contribution in [3.63, 3.8) is 0 Å². The van der Waals surface area contributed by atoms with Crippen molar-refractivity contribution < 1.29 is 13.5 Å². The van der Waals surface area contributed by atoms with Crippen LogP contribution < -0.4 is 10.1 Å². The number of unbranched alkanes of at least 4 members (excludes halogenated alkanes) is 1. The van der Waals surface area contributed by atoms with E-state index in [1.165, 1.54) is 19.2 Å². The average Bonchev–Trinajstić information content (AvgIpc) is 2.51. The van der Waals surface area contributed by atoms with E-state index in [1.807, 2.05) is 0 Å². The van der Waals surface area contributed by atoms with Gasteiger partial charge in [-0.3, -0.25) is 4.90 Å². The van der Waals surface area contributed by atoms with Crippen LogP contribution in [0.1, 0.15) is 37.8 Å². The lowest BCUT2D eigenvalue weighted by Crippen LogP contribution is -2.45. The third-order valence-corrected chi connectivity index (χ3v) is 4.07. The van der Waals surface area contributed by atoms with Gasteiger partial charge >= 0.3 is 0 Å². The lowest BCUT2D eigenvalue weighted by atomic mass is 9.97. The molecule has 0 radical (unpaired) electrons. The molecule has 1 heterocycles. The Labute approximate surface area is 137 Å². The van der Waals surface area contributed by atoms with Crippen LogP contribution in [0, 0.1) is 11.6 Å². The van der Waals surface area contributed by atoms with E-state index < -0.39 is 11.6 Å². The Morgan fingerprint density at radius 2 is 1.95 bits per heavy atom. The summed E-state index contributed by atoms with van der Waals surface area (Å²) in [6, 6.07) is 2.43. The summed E-state index contributed by atoms with van der Waals surface area (Å²) in [5, 5.41) is 3.28. The second-order valence-corrected chi connectivity index (χ2v) is 5.42. The number of ether oxygens (including phenoxy) is 1. The number of hydrogen-bond donors (Lipinski definition) is 1. The molecule has 0 unspecified atom stereocenters. The number of methoxy groups -OCH3 is 1. The van der Waals surface area contributed by atoms with Crippen LogP contribution in [-0.2, 0) is 0 Å². The van der Waals surface area contributed by atoms with Gasteiger partial charge < -0.3 is 10.1 Å². The summed E-state index contributed by atoms with van der Waals surface area (Å²) in [4.78, 5) is 2.17. The molecule has 0 bridgehead atoms. The van der Waals surface area contributed by atoms with Crippen LogP contribution in [0.3, 0.4) is 0 Å². The van der Waals surface area contributed by atoms with Gasteiger partial charge in [0, 0.05) is 37.8 Å². The summed E-state index contributed by atoms with van der Waals surface area (Å²) < 4.78 is 33.8. The van der Waals surface area contributed by atoms with E-state index in [1.54, 1.807) is 0 Å². The van der Waals surface area contributed by atoms with Crippen molar-refractivity contribution in [1.29, 1.82) is 0 Å². The van der Waals surface area contributed by atoms with Crippen LogP contribution in [0.5, 0.6) is 5.75 Å². The Morgan fingerprint density at radius 1 is 1.27 bits per heavy atom. The molecular weight excluding hydrogens is 310 g/mol. The van der Waals surface area contributed by atoms with E-state index in [-0.39, 0.29) is 29.8 Å². The van der Waals surface area contributed by atoms with E-state index in [0.29, 0.717) is 0 Å². The van der Waals surface area contributed by atoms with Crippen molar-refractivity contribution in [3.05, 3.63) is 29.3 Å². The van der Waals surface area contributed by atoms with Gasteiger partial charge in [0.2, 0.25) is 0 Å². The number of nitrogens with zero attached hydrogens (tertiary/aromatic N) is 1. The molecule has 22 heavy (non-hydrogen) atoms. The molecule has 1 saturated heterocycles. The zero-order valence-corrected chi connectivity index (χ0v) is 14.0. The van der Waals surface area contributed by atoms with E-state index in [2.05, 4.69) is 17.1 Å². The van der Waals surface area contributed by atoms with Crippen LogP contribution in [0.25, 0.3) is 0 Å². The highest BCUT2D eigenvalue weighted by Crippen LogP contribution is 2.34. The Morgan fingerprint density at radius 3 is 2.55 bits per heavy atom. The van der Waals surface area contributed by atoms with Gasteiger partial charge in [-0.05, 0) is 18.6 Å². The van der Waals surface area contributed by atoms with Gasteiger partial charge in [0.25, 0.3) is 0 Å². The number of halogens is 3. The summed E-state index contributed by atoms with van der Waals surface area (Å²) >= 11 is 0. The molecule has 1 aromatic carbocycles. The minimum absolute atomic E-state index is 0. The second-order valence-electron chi connectivity index (χ2n) is 5.42. The van der Waals surface area contributed by atoms with Gasteiger partial charge in [-0.25, -0.2) is 8.78 Å². The van der Waals surface area contributed by atoms with Gasteiger partial charge in [-0.15, -0.1) is 12.4 Å². The number of hydrogen-bond acceptors (Lipinski definition) is 3. The lowest BCUT2D eigenvalue weighted by molar-refractivity contribution is 0.156. The SMILES string of the molecule is CCCC[C@@H](c1c(F)ccc(OC)c1F)N1CCNCC1.Cl. The van der Waals surface area contributed by atoms with Crippen molar-refractivity contribution in [3.8, 4) is 5.75 Å². The Kier molecular flexibility index (Phi) is 8.07. The number of nitrogens with one attached hydrogen (secondary N) is 1. The molecule has 1 aliphatic heterocycles. The molecule has 1 fully saturated rings. The van der Waals surface area contributed by atoms with Gasteiger partial charge in [-0.2, -0.15) is 0 Å². The zero-order chi connectivity index (χ0) is 15.2. The molecular formula is C16H25ClF2N2O. The number of piperazine rings is 1. The van der Waals surface area contributed by atoms with Crippen molar-refractivity contribution in [1.82, 2.24) is 10.2 Å². The molecule has 1 atom stereocenters. The highest BCUT2D eigenvalue weighted by Gasteiger charge is 2.28. The molecule has 0 aromatic heterocycles. The molecule has 6 heteroatoms. The Hall–Kier alpha value is -0.910. The molecule has 0 spiro atoms. The smallest absolute Gasteiger partial charge is 0.172 e. The first-order valence-electron chi connectivity index (χ1n) is 7.65. The summed E-state index contributed by atoms with van der Waals surface area (Å²) in [5.74, 6) is -0.923. The van der Waals surface area contributed by atoms with Crippen LogP contribution in [0.4, 0.5) is 8.78 Å². The van der Waals surface area contributed by atoms with E-state index in [4.69, 9.17) is 4.74 Å². The normalized spacial score (nSPS) is 16.9. The van der Waals surface area contributed by atoms with E-state index >= 15 is 0 Å². The summed E-state index contributed by atoms with van der Waals surface area (Å²) in [6.45, 7) is 5.42. The second kappa shape index (κ2) is 9.28. The third-order valence-electron chi connectivity index (χ3n) is 4.07. The van der Waals surface area contributed by atoms with Crippen LogP contribution in [0.2, 0.25) is 0 Å². The first-order chi connectivity index (χ1) is 10.2. The van der Waals surface area contributed by atoms with Gasteiger partial charge in [0.05, 0.1) is 7.11 Å². The average molecular weight is 335 g/mol. The maximum atomic E-state index is 14.6. The van der Waals surface area contributed by atoms with Crippen molar-refractivity contribution >= 4 is 12.4 Å². The Bertz CT molecular complexity index is 468. The lowest BCUT2D eigenvalue weighted by Gasteiger charge is -2.35. The maximum absolute atomic E-state index is 14.6.